The van der Waals surface area contributed by atoms with Crippen molar-refractivity contribution in [3.63, 3.8) is 0 Å². The van der Waals surface area contributed by atoms with Crippen molar-refractivity contribution < 1.29 is 9.18 Å². The van der Waals surface area contributed by atoms with Crippen LogP contribution in [0.4, 0.5) is 4.39 Å². The minimum Gasteiger partial charge on any atom is -0.272 e. The van der Waals surface area contributed by atoms with Gasteiger partial charge in [0.05, 0.1) is 23.5 Å². The molecule has 1 aromatic heterocycles. The van der Waals surface area contributed by atoms with Crippen LogP contribution in [0.15, 0.2) is 5.10 Å². The highest BCUT2D eigenvalue weighted by Gasteiger charge is 2.10. The van der Waals surface area contributed by atoms with Crippen LogP contribution in [0.5, 0.6) is 0 Å². The molecule has 0 radical (unpaired) electrons. The molecule has 0 aliphatic heterocycles. The number of carbonyl (C=O) groups excluding carboxylic acids is 1. The van der Waals surface area contributed by atoms with Crippen LogP contribution < -0.4 is 5.43 Å². The number of nitrogens with one attached hydrogen (secondary N) is 1. The molecule has 1 N–H and O–H groups in total. The van der Waals surface area contributed by atoms with E-state index in [1.54, 1.807) is 13.0 Å². The summed E-state index contributed by atoms with van der Waals surface area (Å²) in [6.45, 7) is 1.63. The largest absolute Gasteiger partial charge is 0.272 e. The highest BCUT2D eigenvalue weighted by atomic mass is 19.1. The fraction of sp³-hybridized carbons (Fsp3) is 0.333. The molecule has 1 amide bonds. The number of nitrogens with zero attached hydrogens (tertiary/aromatic N) is 4. The summed E-state index contributed by atoms with van der Waals surface area (Å²) >= 11 is 0. The third-order valence-electron chi connectivity index (χ3n) is 1.82. The van der Waals surface area contributed by atoms with Gasteiger partial charge in [0.1, 0.15) is 6.42 Å². The quantitative estimate of drug-likeness (QED) is 0.588. The van der Waals surface area contributed by atoms with Crippen LogP contribution in [0.25, 0.3) is 0 Å². The number of rotatable bonds is 3. The summed E-state index contributed by atoms with van der Waals surface area (Å²) in [5.74, 6) is -1.07. The van der Waals surface area contributed by atoms with Gasteiger partial charge < -0.3 is 0 Å². The van der Waals surface area contributed by atoms with E-state index >= 15 is 0 Å². The number of nitriles is 1. The van der Waals surface area contributed by atoms with Gasteiger partial charge in [-0.2, -0.15) is 19.9 Å². The lowest BCUT2D eigenvalue weighted by Gasteiger charge is -1.93. The van der Waals surface area contributed by atoms with E-state index in [9.17, 15) is 9.18 Å². The smallest absolute Gasteiger partial charge is 0.254 e. The maximum absolute atomic E-state index is 13.3. The predicted octanol–water partition coefficient (Wildman–Crippen LogP) is 0.231. The van der Waals surface area contributed by atoms with Gasteiger partial charge >= 0.3 is 0 Å². The highest BCUT2D eigenvalue weighted by Crippen LogP contribution is 2.07. The van der Waals surface area contributed by atoms with Gasteiger partial charge in [0.2, 0.25) is 5.95 Å². The Kier molecular flexibility index (Phi) is 3.72. The van der Waals surface area contributed by atoms with Crippen LogP contribution in [-0.4, -0.2) is 21.9 Å². The summed E-state index contributed by atoms with van der Waals surface area (Å²) in [6.07, 6.45) is 0.874. The van der Waals surface area contributed by atoms with Crippen molar-refractivity contribution >= 4 is 12.1 Å². The van der Waals surface area contributed by atoms with E-state index in [1.807, 2.05) is 0 Å². The molecule has 0 bridgehead atoms. The minimum atomic E-state index is -0.541. The molecule has 1 rings (SSSR count). The van der Waals surface area contributed by atoms with E-state index in [-0.39, 0.29) is 12.0 Å². The number of halogens is 1. The van der Waals surface area contributed by atoms with Gasteiger partial charge in [0.25, 0.3) is 5.91 Å². The Balaban J connectivity index is 2.70. The summed E-state index contributed by atoms with van der Waals surface area (Å²) in [4.78, 5) is 10.8. The molecule has 0 saturated heterocycles. The lowest BCUT2D eigenvalue weighted by Crippen LogP contribution is -2.16. The van der Waals surface area contributed by atoms with Crippen LogP contribution in [0.2, 0.25) is 0 Å². The van der Waals surface area contributed by atoms with Gasteiger partial charge in [-0.1, -0.05) is 0 Å². The second kappa shape index (κ2) is 5.02. The number of aromatic nitrogens is 2. The Labute approximate surface area is 91.4 Å². The molecule has 7 heteroatoms. The molecule has 84 valence electrons. The molecule has 6 nitrogen and oxygen atoms in total. The second-order valence-corrected chi connectivity index (χ2v) is 3.04. The maximum atomic E-state index is 13.3. The van der Waals surface area contributed by atoms with E-state index in [4.69, 9.17) is 5.26 Å². The summed E-state index contributed by atoms with van der Waals surface area (Å²) in [5.41, 5.74) is 2.78. The topological polar surface area (TPSA) is 83.1 Å². The Bertz CT molecular complexity index is 471. The molecule has 0 aliphatic carbocycles. The fourth-order valence-electron chi connectivity index (χ4n) is 1.07. The Morgan fingerprint density at radius 3 is 3.00 bits per heavy atom. The Hall–Kier alpha value is -2.23. The van der Waals surface area contributed by atoms with E-state index in [2.05, 4.69) is 15.6 Å². The number of amides is 1. The zero-order valence-electron chi connectivity index (χ0n) is 8.86. The first-order chi connectivity index (χ1) is 7.56. The zero-order chi connectivity index (χ0) is 12.1. The lowest BCUT2D eigenvalue weighted by molar-refractivity contribution is -0.120. The molecular formula is C9H10FN5O. The SMILES string of the molecule is Cc1nn(C)c(F)c1C=NNC(=O)CC#N. The molecule has 0 atom stereocenters. The van der Waals surface area contributed by atoms with E-state index < -0.39 is 11.9 Å². The summed E-state index contributed by atoms with van der Waals surface area (Å²) in [7, 11) is 1.47. The van der Waals surface area contributed by atoms with Crippen molar-refractivity contribution in [3.8, 4) is 6.07 Å². The number of aryl methyl sites for hydroxylation is 2. The predicted molar refractivity (Wildman–Crippen MR) is 53.9 cm³/mol. The van der Waals surface area contributed by atoms with Crippen LogP contribution in [0.1, 0.15) is 17.7 Å². The van der Waals surface area contributed by atoms with Gasteiger partial charge in [0, 0.05) is 7.05 Å². The number of hydrogen-bond donors (Lipinski definition) is 1. The first-order valence-corrected chi connectivity index (χ1v) is 4.44. The normalized spacial score (nSPS) is 10.4. The average molecular weight is 223 g/mol. The standard InChI is InChI=1S/C9H10FN5O/c1-6-7(9(10)15(2)14-6)5-12-13-8(16)3-4-11/h5H,3H2,1-2H3,(H,13,16). The molecular weight excluding hydrogens is 213 g/mol. The van der Waals surface area contributed by atoms with Crippen molar-refractivity contribution in [1.82, 2.24) is 15.2 Å². The minimum absolute atomic E-state index is 0.208. The highest BCUT2D eigenvalue weighted by molar-refractivity contribution is 5.83. The fourth-order valence-corrected chi connectivity index (χ4v) is 1.07. The van der Waals surface area contributed by atoms with Crippen molar-refractivity contribution in [2.45, 2.75) is 13.3 Å². The molecule has 0 unspecified atom stereocenters. The molecule has 0 saturated carbocycles. The van der Waals surface area contributed by atoms with Crippen LogP contribution in [0, 0.1) is 24.2 Å². The monoisotopic (exact) mass is 223 g/mol. The molecule has 0 aliphatic rings. The second-order valence-electron chi connectivity index (χ2n) is 3.04. The number of hydrazone groups is 1. The zero-order valence-corrected chi connectivity index (χ0v) is 8.86. The van der Waals surface area contributed by atoms with Gasteiger partial charge in [-0.25, -0.2) is 10.1 Å². The molecule has 0 fully saturated rings. The number of hydrogen-bond acceptors (Lipinski definition) is 4. The first-order valence-electron chi connectivity index (χ1n) is 4.44. The van der Waals surface area contributed by atoms with Crippen LogP contribution in [0.3, 0.4) is 0 Å². The molecule has 1 aromatic rings. The van der Waals surface area contributed by atoms with Gasteiger partial charge in [0.15, 0.2) is 0 Å². The van der Waals surface area contributed by atoms with Gasteiger partial charge in [-0.05, 0) is 6.92 Å². The summed E-state index contributed by atoms with van der Waals surface area (Å²) in [5, 5.41) is 15.6. The summed E-state index contributed by atoms with van der Waals surface area (Å²) < 4.78 is 14.4. The van der Waals surface area contributed by atoms with Crippen molar-refractivity contribution in [2.24, 2.45) is 12.1 Å². The molecule has 16 heavy (non-hydrogen) atoms. The van der Waals surface area contributed by atoms with Crippen molar-refractivity contribution in [2.75, 3.05) is 0 Å². The van der Waals surface area contributed by atoms with Crippen LogP contribution in [-0.2, 0) is 11.8 Å². The third-order valence-corrected chi connectivity index (χ3v) is 1.82. The van der Waals surface area contributed by atoms with Gasteiger partial charge in [-0.3, -0.25) is 4.79 Å². The van der Waals surface area contributed by atoms with Crippen molar-refractivity contribution in [1.29, 1.82) is 5.26 Å². The molecule has 0 spiro atoms. The molecule has 0 aromatic carbocycles. The average Bonchev–Trinajstić information content (AvgIpc) is 2.45. The first kappa shape index (κ1) is 11.8. The van der Waals surface area contributed by atoms with E-state index in [0.717, 1.165) is 10.9 Å². The molecule has 1 heterocycles. The summed E-state index contributed by atoms with van der Waals surface area (Å²) in [6, 6.07) is 1.67. The van der Waals surface area contributed by atoms with Crippen molar-refractivity contribution in [3.05, 3.63) is 17.2 Å². The Morgan fingerprint density at radius 2 is 2.50 bits per heavy atom. The maximum Gasteiger partial charge on any atom is 0.254 e. The Morgan fingerprint density at radius 1 is 1.81 bits per heavy atom. The third kappa shape index (κ3) is 2.63. The van der Waals surface area contributed by atoms with Gasteiger partial charge in [-0.15, -0.1) is 0 Å². The van der Waals surface area contributed by atoms with E-state index in [1.165, 1.54) is 7.05 Å². The lowest BCUT2D eigenvalue weighted by atomic mass is 10.3. The van der Waals surface area contributed by atoms with Crippen LogP contribution >= 0.6 is 0 Å². The number of carbonyl (C=O) groups is 1. The van der Waals surface area contributed by atoms with E-state index in [0.29, 0.717) is 5.69 Å².